The van der Waals surface area contributed by atoms with Gasteiger partial charge in [0.05, 0.1) is 25.4 Å². The summed E-state index contributed by atoms with van der Waals surface area (Å²) in [5.41, 5.74) is 0. The van der Waals surface area contributed by atoms with Crippen LogP contribution in [0.1, 0.15) is 316 Å². The molecule has 0 radical (unpaired) electrons. The Labute approximate surface area is 527 Å². The van der Waals surface area contributed by atoms with Crippen molar-refractivity contribution in [1.29, 1.82) is 0 Å². The molecule has 0 aliphatic carbocycles. The number of rotatable bonds is 61. The SMILES string of the molecule is CC/C=C\C/C=C\C/C=C\C/C=C\C/C=C\CCCCCCCCCCCCCC(=O)OC1C(OCC(NC(=O)C(O)CCCCCCCCCC/C=C/CCCCCCCC)C(O)/C=C/CCCCCCCCCCCC)OC(CO)C(O)C1O. The summed E-state index contributed by atoms with van der Waals surface area (Å²) in [5, 5.41) is 57.2. The Bertz CT molecular complexity index is 1720. The van der Waals surface area contributed by atoms with Gasteiger partial charge in [0.2, 0.25) is 5.91 Å². The van der Waals surface area contributed by atoms with E-state index in [9.17, 15) is 35.1 Å². The third-order valence-electron chi connectivity index (χ3n) is 16.5. The van der Waals surface area contributed by atoms with Crippen molar-refractivity contribution in [3.63, 3.8) is 0 Å². The lowest BCUT2D eigenvalue weighted by molar-refractivity contribution is -0.305. The number of hydrogen-bond acceptors (Lipinski definition) is 10. The Hall–Kier alpha value is -3.16. The van der Waals surface area contributed by atoms with Crippen molar-refractivity contribution >= 4 is 11.9 Å². The highest BCUT2D eigenvalue weighted by atomic mass is 16.7. The highest BCUT2D eigenvalue weighted by molar-refractivity contribution is 5.80. The highest BCUT2D eigenvalue weighted by Crippen LogP contribution is 2.26. The van der Waals surface area contributed by atoms with E-state index in [0.29, 0.717) is 12.8 Å². The molecule has 86 heavy (non-hydrogen) atoms. The minimum atomic E-state index is -1.62. The van der Waals surface area contributed by atoms with Crippen molar-refractivity contribution in [2.24, 2.45) is 0 Å². The van der Waals surface area contributed by atoms with Gasteiger partial charge in [-0.3, -0.25) is 9.59 Å². The van der Waals surface area contributed by atoms with Crippen LogP contribution in [0.15, 0.2) is 85.1 Å². The molecular formula is C75H133NO10. The fourth-order valence-corrected chi connectivity index (χ4v) is 10.9. The molecule has 0 aromatic carbocycles. The standard InChI is InChI=1S/C75H133NO10/c1-4-7-10-13-16-19-22-25-27-29-31-32-33-34-35-36-37-38-39-41-43-45-48-51-54-57-60-63-70(80)86-73-72(82)71(81)69(64-77)85-75(73)84-65-66(67(78)61-58-55-52-49-46-24-21-18-15-12-9-6-3)76-74(83)68(79)62-59-56-53-50-47-44-42-40-30-28-26-23-20-17-14-11-8-5-2/h7,10,16,19,25-28,31-32,34-35,58,61,66-69,71-73,75,77-79,81-82H,4-6,8-9,11-15,17-18,20-24,29-30,33,36-57,59-60,62-65H2,1-3H3,(H,76,83)/b10-7-,19-16-,27-25-,28-26+,32-31-,35-34-,61-58+. The second-order valence-electron chi connectivity index (χ2n) is 24.6. The Morgan fingerprint density at radius 2 is 0.837 bits per heavy atom. The first-order valence-electron chi connectivity index (χ1n) is 35.9. The maximum Gasteiger partial charge on any atom is 0.306 e. The predicted octanol–water partition coefficient (Wildman–Crippen LogP) is 18.5. The molecule has 11 nitrogen and oxygen atoms in total. The van der Waals surface area contributed by atoms with E-state index in [2.05, 4.69) is 99.0 Å². The van der Waals surface area contributed by atoms with Crippen molar-refractivity contribution < 1.29 is 49.3 Å². The number of esters is 1. The minimum absolute atomic E-state index is 0.117. The normalized spacial score (nSPS) is 18.8. The minimum Gasteiger partial charge on any atom is -0.454 e. The van der Waals surface area contributed by atoms with Crippen molar-refractivity contribution in [1.82, 2.24) is 5.32 Å². The van der Waals surface area contributed by atoms with E-state index in [4.69, 9.17) is 14.2 Å². The fraction of sp³-hybridized carbons (Fsp3) is 0.787. The van der Waals surface area contributed by atoms with E-state index < -0.39 is 67.4 Å². The number of amides is 1. The van der Waals surface area contributed by atoms with E-state index in [0.717, 1.165) is 103 Å². The fourth-order valence-electron chi connectivity index (χ4n) is 10.9. The van der Waals surface area contributed by atoms with Gasteiger partial charge in [0.15, 0.2) is 12.4 Å². The van der Waals surface area contributed by atoms with Crippen molar-refractivity contribution in [2.75, 3.05) is 13.2 Å². The molecule has 0 saturated carbocycles. The highest BCUT2D eigenvalue weighted by Gasteiger charge is 2.47. The van der Waals surface area contributed by atoms with E-state index in [1.165, 1.54) is 167 Å². The molecule has 0 bridgehead atoms. The number of ether oxygens (including phenoxy) is 3. The topological polar surface area (TPSA) is 175 Å². The lowest BCUT2D eigenvalue weighted by Crippen LogP contribution is -2.61. The molecule has 6 N–H and O–H groups in total. The Kier molecular flexibility index (Phi) is 58.3. The van der Waals surface area contributed by atoms with Gasteiger partial charge >= 0.3 is 5.97 Å². The summed E-state index contributed by atoms with van der Waals surface area (Å²) in [7, 11) is 0. The van der Waals surface area contributed by atoms with Crippen LogP contribution < -0.4 is 5.32 Å². The lowest BCUT2D eigenvalue weighted by atomic mass is 9.99. The van der Waals surface area contributed by atoms with Gasteiger partial charge in [-0.2, -0.15) is 0 Å². The third-order valence-corrected chi connectivity index (χ3v) is 16.5. The van der Waals surface area contributed by atoms with E-state index in [-0.39, 0.29) is 19.4 Å². The Morgan fingerprint density at radius 1 is 0.465 bits per heavy atom. The summed E-state index contributed by atoms with van der Waals surface area (Å²) in [5.74, 6) is -1.19. The molecule has 11 heteroatoms. The smallest absolute Gasteiger partial charge is 0.306 e. The average Bonchev–Trinajstić information content (AvgIpc) is 2.65. The Balaban J connectivity index is 2.55. The van der Waals surface area contributed by atoms with Crippen LogP contribution >= 0.6 is 0 Å². The number of unbranched alkanes of at least 4 members (excludes halogenated alkanes) is 35. The van der Waals surface area contributed by atoms with Gasteiger partial charge < -0.3 is 45.1 Å². The van der Waals surface area contributed by atoms with Crippen LogP contribution in [-0.4, -0.2) is 99.6 Å². The predicted molar refractivity (Wildman–Crippen MR) is 361 cm³/mol. The van der Waals surface area contributed by atoms with Crippen molar-refractivity contribution in [2.45, 2.75) is 365 Å². The van der Waals surface area contributed by atoms with Gasteiger partial charge in [-0.25, -0.2) is 0 Å². The zero-order valence-corrected chi connectivity index (χ0v) is 55.4. The second-order valence-corrected chi connectivity index (χ2v) is 24.6. The summed E-state index contributed by atoms with van der Waals surface area (Å²) >= 11 is 0. The molecule has 0 aromatic rings. The van der Waals surface area contributed by atoms with Gasteiger partial charge in [0.1, 0.15) is 24.4 Å². The molecule has 1 aliphatic heterocycles. The van der Waals surface area contributed by atoms with Crippen molar-refractivity contribution in [3.05, 3.63) is 85.1 Å². The molecule has 1 fully saturated rings. The number of hydrogen-bond donors (Lipinski definition) is 6. The van der Waals surface area contributed by atoms with Gasteiger partial charge in [-0.15, -0.1) is 0 Å². The summed E-state index contributed by atoms with van der Waals surface area (Å²) < 4.78 is 17.7. The molecule has 1 aliphatic rings. The second kappa shape index (κ2) is 62.1. The number of carbonyl (C=O) groups is 2. The monoisotopic (exact) mass is 1210 g/mol. The maximum atomic E-state index is 13.5. The molecule has 0 spiro atoms. The zero-order valence-electron chi connectivity index (χ0n) is 55.4. The van der Waals surface area contributed by atoms with Crippen LogP contribution in [-0.2, 0) is 23.8 Å². The van der Waals surface area contributed by atoms with Gasteiger partial charge in [0.25, 0.3) is 0 Å². The largest absolute Gasteiger partial charge is 0.454 e. The first-order valence-corrected chi connectivity index (χ1v) is 35.9. The molecule has 8 unspecified atom stereocenters. The first kappa shape index (κ1) is 80.9. The number of carbonyl (C=O) groups excluding carboxylic acids is 2. The summed E-state index contributed by atoms with van der Waals surface area (Å²) in [6.07, 6.45) is 71.9. The zero-order chi connectivity index (χ0) is 62.4. The summed E-state index contributed by atoms with van der Waals surface area (Å²) in [6, 6.07) is -1.03. The van der Waals surface area contributed by atoms with E-state index in [1.54, 1.807) is 6.08 Å². The molecule has 1 amide bonds. The quantitative estimate of drug-likeness (QED) is 0.0195. The molecule has 1 rings (SSSR count). The lowest BCUT2D eigenvalue weighted by Gasteiger charge is -2.41. The van der Waals surface area contributed by atoms with E-state index >= 15 is 0 Å². The van der Waals surface area contributed by atoms with Crippen LogP contribution in [0.3, 0.4) is 0 Å². The molecule has 498 valence electrons. The van der Waals surface area contributed by atoms with Gasteiger partial charge in [-0.05, 0) is 96.3 Å². The maximum absolute atomic E-state index is 13.5. The van der Waals surface area contributed by atoms with Crippen LogP contribution in [0.4, 0.5) is 0 Å². The van der Waals surface area contributed by atoms with Crippen LogP contribution in [0.5, 0.6) is 0 Å². The van der Waals surface area contributed by atoms with E-state index in [1.807, 2.05) is 6.08 Å². The van der Waals surface area contributed by atoms with Crippen LogP contribution in [0.2, 0.25) is 0 Å². The van der Waals surface area contributed by atoms with Crippen LogP contribution in [0, 0.1) is 0 Å². The molecule has 1 heterocycles. The van der Waals surface area contributed by atoms with Crippen LogP contribution in [0.25, 0.3) is 0 Å². The summed E-state index contributed by atoms with van der Waals surface area (Å²) in [4.78, 5) is 26.7. The molecule has 1 saturated heterocycles. The number of aliphatic hydroxyl groups excluding tert-OH is 5. The molecule has 0 aromatic heterocycles. The average molecular weight is 1210 g/mol. The molecular weight excluding hydrogens is 1070 g/mol. The summed E-state index contributed by atoms with van der Waals surface area (Å²) in [6.45, 7) is 5.70. The first-order chi connectivity index (χ1) is 42.2. The number of nitrogens with one attached hydrogen (secondary N) is 1. The van der Waals surface area contributed by atoms with Crippen molar-refractivity contribution in [3.8, 4) is 0 Å². The third kappa shape index (κ3) is 48.7. The van der Waals surface area contributed by atoms with Gasteiger partial charge in [-0.1, -0.05) is 298 Å². The van der Waals surface area contributed by atoms with Gasteiger partial charge in [0, 0.05) is 6.42 Å². The Morgan fingerprint density at radius 3 is 1.27 bits per heavy atom. The number of allylic oxidation sites excluding steroid dienone is 13. The molecule has 8 atom stereocenters. The number of aliphatic hydroxyl groups is 5.